The second-order valence-corrected chi connectivity index (χ2v) is 5.87. The van der Waals surface area contributed by atoms with Gasteiger partial charge in [-0.3, -0.25) is 4.79 Å². The van der Waals surface area contributed by atoms with Crippen LogP contribution in [-0.4, -0.2) is 23.5 Å². The van der Waals surface area contributed by atoms with Crippen molar-refractivity contribution in [3.63, 3.8) is 0 Å². The number of hydrogen-bond acceptors (Lipinski definition) is 2. The predicted molar refractivity (Wildman–Crippen MR) is 82.1 cm³/mol. The van der Waals surface area contributed by atoms with Crippen LogP contribution in [0.1, 0.15) is 31.5 Å². The predicted octanol–water partition coefficient (Wildman–Crippen LogP) is 2.59. The summed E-state index contributed by atoms with van der Waals surface area (Å²) >= 11 is 0. The van der Waals surface area contributed by atoms with E-state index in [1.165, 1.54) is 23.1 Å². The quantitative estimate of drug-likeness (QED) is 0.749. The summed E-state index contributed by atoms with van der Waals surface area (Å²) in [5.74, 6) is 0. The minimum Gasteiger partial charge on any atom is -0.358 e. The van der Waals surface area contributed by atoms with Gasteiger partial charge >= 0.3 is 0 Å². The summed E-state index contributed by atoms with van der Waals surface area (Å²) < 4.78 is 0. The standard InChI is InChI=1S/C16H21N3O/c1-10(2)18-12-4-6-16-14(8-12)13-7-11(17-9-20)3-5-15(13)19-16/h3,5,7,9-10,12,18-19H,4,6,8H2,1-2H3,(H,17,20). The first kappa shape index (κ1) is 13.2. The molecule has 0 spiro atoms. The second kappa shape index (κ2) is 5.29. The number of aromatic amines is 1. The van der Waals surface area contributed by atoms with Crippen LogP contribution >= 0.6 is 0 Å². The maximum atomic E-state index is 10.6. The van der Waals surface area contributed by atoms with Crippen LogP contribution < -0.4 is 10.6 Å². The van der Waals surface area contributed by atoms with Gasteiger partial charge in [0.05, 0.1) is 0 Å². The van der Waals surface area contributed by atoms with Crippen LogP contribution in [0.15, 0.2) is 18.2 Å². The minimum atomic E-state index is 0.513. The third-order valence-electron chi connectivity index (χ3n) is 3.98. The van der Waals surface area contributed by atoms with E-state index in [-0.39, 0.29) is 0 Å². The molecule has 1 aliphatic rings. The zero-order chi connectivity index (χ0) is 14.1. The average Bonchev–Trinajstić information content (AvgIpc) is 2.76. The number of aromatic nitrogens is 1. The van der Waals surface area contributed by atoms with Gasteiger partial charge in [-0.25, -0.2) is 0 Å². The molecule has 0 saturated heterocycles. The molecular weight excluding hydrogens is 250 g/mol. The van der Waals surface area contributed by atoms with Crippen LogP contribution in [0.3, 0.4) is 0 Å². The molecule has 1 aromatic carbocycles. The van der Waals surface area contributed by atoms with E-state index in [0.29, 0.717) is 12.1 Å². The molecule has 1 aromatic heterocycles. The Morgan fingerprint density at radius 3 is 3.00 bits per heavy atom. The lowest BCUT2D eigenvalue weighted by Crippen LogP contribution is -2.38. The number of fused-ring (bicyclic) bond motifs is 3. The third kappa shape index (κ3) is 2.43. The van der Waals surface area contributed by atoms with E-state index in [2.05, 4.69) is 35.5 Å². The summed E-state index contributed by atoms with van der Waals surface area (Å²) in [5.41, 5.74) is 4.77. The first-order valence-electron chi connectivity index (χ1n) is 7.27. The Balaban J connectivity index is 1.95. The fourth-order valence-electron chi connectivity index (χ4n) is 3.19. The molecule has 0 bridgehead atoms. The van der Waals surface area contributed by atoms with Crippen molar-refractivity contribution >= 4 is 23.0 Å². The van der Waals surface area contributed by atoms with Crippen molar-refractivity contribution in [3.8, 4) is 0 Å². The molecule has 1 heterocycles. The molecule has 2 aromatic rings. The largest absolute Gasteiger partial charge is 0.358 e. The summed E-state index contributed by atoms with van der Waals surface area (Å²) in [4.78, 5) is 14.1. The molecule has 1 unspecified atom stereocenters. The molecule has 3 N–H and O–H groups in total. The molecular formula is C16H21N3O. The number of carbonyl (C=O) groups is 1. The van der Waals surface area contributed by atoms with Gasteiger partial charge in [-0.15, -0.1) is 0 Å². The molecule has 20 heavy (non-hydrogen) atoms. The van der Waals surface area contributed by atoms with Gasteiger partial charge in [-0.1, -0.05) is 13.8 Å². The van der Waals surface area contributed by atoms with Crippen molar-refractivity contribution < 1.29 is 4.79 Å². The van der Waals surface area contributed by atoms with Gasteiger partial charge in [-0.05, 0) is 43.0 Å². The van der Waals surface area contributed by atoms with E-state index in [1.54, 1.807) is 0 Å². The lowest BCUT2D eigenvalue weighted by atomic mass is 9.91. The molecule has 1 atom stereocenters. The molecule has 0 saturated carbocycles. The molecule has 4 heteroatoms. The number of anilines is 1. The Hall–Kier alpha value is -1.81. The van der Waals surface area contributed by atoms with Crippen LogP contribution in [0.25, 0.3) is 10.9 Å². The summed E-state index contributed by atoms with van der Waals surface area (Å²) in [6.07, 6.45) is 4.05. The van der Waals surface area contributed by atoms with Crippen molar-refractivity contribution in [1.82, 2.24) is 10.3 Å². The number of benzene rings is 1. The highest BCUT2D eigenvalue weighted by atomic mass is 16.1. The van der Waals surface area contributed by atoms with Gasteiger partial charge in [0.25, 0.3) is 0 Å². The summed E-state index contributed by atoms with van der Waals surface area (Å²) in [6, 6.07) is 7.10. The fraction of sp³-hybridized carbons (Fsp3) is 0.438. The third-order valence-corrected chi connectivity index (χ3v) is 3.98. The van der Waals surface area contributed by atoms with Crippen molar-refractivity contribution in [2.45, 2.75) is 45.2 Å². The van der Waals surface area contributed by atoms with Gasteiger partial charge in [0.15, 0.2) is 0 Å². The summed E-state index contributed by atoms with van der Waals surface area (Å²) in [6.45, 7) is 4.38. The van der Waals surface area contributed by atoms with Crippen LogP contribution in [0.4, 0.5) is 5.69 Å². The Morgan fingerprint density at radius 1 is 1.40 bits per heavy atom. The Bertz CT molecular complexity index is 630. The number of aryl methyl sites for hydroxylation is 1. The van der Waals surface area contributed by atoms with Crippen molar-refractivity contribution in [2.24, 2.45) is 0 Å². The highest BCUT2D eigenvalue weighted by molar-refractivity contribution is 5.89. The van der Waals surface area contributed by atoms with Crippen LogP contribution in [0, 0.1) is 0 Å². The number of hydrogen-bond donors (Lipinski definition) is 3. The van der Waals surface area contributed by atoms with Crippen LogP contribution in [-0.2, 0) is 17.6 Å². The number of rotatable bonds is 4. The van der Waals surface area contributed by atoms with Gasteiger partial charge in [0.2, 0.25) is 6.41 Å². The van der Waals surface area contributed by atoms with E-state index in [0.717, 1.165) is 30.5 Å². The lowest BCUT2D eigenvalue weighted by molar-refractivity contribution is -0.105. The van der Waals surface area contributed by atoms with Crippen molar-refractivity contribution in [2.75, 3.05) is 5.32 Å². The molecule has 3 rings (SSSR count). The van der Waals surface area contributed by atoms with Gasteiger partial charge in [0.1, 0.15) is 0 Å². The fourth-order valence-corrected chi connectivity index (χ4v) is 3.19. The van der Waals surface area contributed by atoms with E-state index in [1.807, 2.05) is 12.1 Å². The van der Waals surface area contributed by atoms with Crippen molar-refractivity contribution in [1.29, 1.82) is 0 Å². The summed E-state index contributed by atoms with van der Waals surface area (Å²) in [7, 11) is 0. The molecule has 4 nitrogen and oxygen atoms in total. The maximum absolute atomic E-state index is 10.6. The van der Waals surface area contributed by atoms with E-state index in [4.69, 9.17) is 0 Å². The monoisotopic (exact) mass is 271 g/mol. The first-order chi connectivity index (χ1) is 9.67. The highest BCUT2D eigenvalue weighted by Crippen LogP contribution is 2.31. The van der Waals surface area contributed by atoms with Crippen LogP contribution in [0.5, 0.6) is 0 Å². The molecule has 1 amide bonds. The number of H-pyrrole nitrogens is 1. The maximum Gasteiger partial charge on any atom is 0.211 e. The van der Waals surface area contributed by atoms with Crippen molar-refractivity contribution in [3.05, 3.63) is 29.5 Å². The van der Waals surface area contributed by atoms with Gasteiger partial charge < -0.3 is 15.6 Å². The SMILES string of the molecule is CC(C)NC1CCc2[nH]c3ccc(NC=O)cc3c2C1. The normalized spacial score (nSPS) is 18.2. The Kier molecular flexibility index (Phi) is 3.49. The lowest BCUT2D eigenvalue weighted by Gasteiger charge is -2.25. The van der Waals surface area contributed by atoms with Crippen LogP contribution in [0.2, 0.25) is 0 Å². The molecule has 1 aliphatic carbocycles. The molecule has 106 valence electrons. The number of carbonyl (C=O) groups excluding carboxylic acids is 1. The Morgan fingerprint density at radius 2 is 2.25 bits per heavy atom. The zero-order valence-corrected chi connectivity index (χ0v) is 12.0. The first-order valence-corrected chi connectivity index (χ1v) is 7.27. The number of amides is 1. The highest BCUT2D eigenvalue weighted by Gasteiger charge is 2.22. The van der Waals surface area contributed by atoms with Gasteiger partial charge in [-0.2, -0.15) is 0 Å². The van der Waals surface area contributed by atoms with E-state index < -0.39 is 0 Å². The molecule has 0 aliphatic heterocycles. The average molecular weight is 271 g/mol. The summed E-state index contributed by atoms with van der Waals surface area (Å²) in [5, 5.41) is 7.60. The smallest absolute Gasteiger partial charge is 0.211 e. The zero-order valence-electron chi connectivity index (χ0n) is 12.0. The second-order valence-electron chi connectivity index (χ2n) is 5.87. The number of nitrogens with one attached hydrogen (secondary N) is 3. The topological polar surface area (TPSA) is 56.9 Å². The Labute approximate surface area is 118 Å². The van der Waals surface area contributed by atoms with E-state index >= 15 is 0 Å². The van der Waals surface area contributed by atoms with Gasteiger partial charge in [0, 0.05) is 34.4 Å². The minimum absolute atomic E-state index is 0.513. The van der Waals surface area contributed by atoms with E-state index in [9.17, 15) is 4.79 Å². The molecule has 0 radical (unpaired) electrons. The molecule has 0 fully saturated rings.